The fraction of sp³-hybridized carbons (Fsp3) is 0.333. The van der Waals surface area contributed by atoms with Crippen molar-refractivity contribution in [2.75, 3.05) is 11.4 Å². The van der Waals surface area contributed by atoms with Gasteiger partial charge in [-0.05, 0) is 56.0 Å². The van der Waals surface area contributed by atoms with E-state index in [1.807, 2.05) is 0 Å². The second-order valence-electron chi connectivity index (χ2n) is 7.38. The van der Waals surface area contributed by atoms with Gasteiger partial charge in [0, 0.05) is 17.9 Å². The Morgan fingerprint density at radius 1 is 1.13 bits per heavy atom. The molecule has 1 saturated carbocycles. The van der Waals surface area contributed by atoms with Crippen LogP contribution < -0.4 is 15.4 Å². The highest BCUT2D eigenvalue weighted by Crippen LogP contribution is 2.31. The molecule has 1 aliphatic heterocycles. The van der Waals surface area contributed by atoms with E-state index in [0.29, 0.717) is 31.4 Å². The lowest BCUT2D eigenvalue weighted by Crippen LogP contribution is -2.44. The number of hydrogen-bond donors (Lipinski definition) is 1. The van der Waals surface area contributed by atoms with Crippen LogP contribution in [0.15, 0.2) is 42.6 Å². The van der Waals surface area contributed by atoms with Gasteiger partial charge in [-0.25, -0.2) is 14.2 Å². The minimum atomic E-state index is -0.613. The van der Waals surface area contributed by atoms with Gasteiger partial charge in [0.2, 0.25) is 5.88 Å². The number of amides is 4. The average molecular weight is 412 g/mol. The molecule has 9 heteroatoms. The fourth-order valence-corrected chi connectivity index (χ4v) is 3.97. The van der Waals surface area contributed by atoms with E-state index in [4.69, 9.17) is 10.5 Å². The molecule has 4 amide bonds. The van der Waals surface area contributed by atoms with Gasteiger partial charge >= 0.3 is 6.03 Å². The molecule has 0 atom stereocenters. The van der Waals surface area contributed by atoms with Crippen LogP contribution >= 0.6 is 0 Å². The van der Waals surface area contributed by atoms with Crippen molar-refractivity contribution in [3.63, 3.8) is 0 Å². The van der Waals surface area contributed by atoms with Crippen molar-refractivity contribution in [3.8, 4) is 5.88 Å². The normalized spacial score (nSPS) is 21.8. The molecule has 4 rings (SSSR count). The Hall–Kier alpha value is -3.49. The number of rotatable bonds is 5. The second-order valence-corrected chi connectivity index (χ2v) is 7.38. The van der Waals surface area contributed by atoms with E-state index in [1.165, 1.54) is 34.2 Å². The Bertz CT molecular complexity index is 990. The molecule has 30 heavy (non-hydrogen) atoms. The van der Waals surface area contributed by atoms with Crippen LogP contribution in [0.25, 0.3) is 0 Å². The summed E-state index contributed by atoms with van der Waals surface area (Å²) in [6, 6.07) is 8.12. The summed E-state index contributed by atoms with van der Waals surface area (Å²) in [5, 5.41) is 0. The van der Waals surface area contributed by atoms with Crippen molar-refractivity contribution in [1.82, 2.24) is 9.88 Å². The van der Waals surface area contributed by atoms with Gasteiger partial charge in [-0.1, -0.05) is 6.07 Å². The van der Waals surface area contributed by atoms with E-state index in [1.54, 1.807) is 18.2 Å². The minimum Gasteiger partial charge on any atom is -0.474 e. The number of carbonyl (C=O) groups is 3. The molecular weight excluding hydrogens is 391 g/mol. The maximum absolute atomic E-state index is 13.5. The van der Waals surface area contributed by atoms with Gasteiger partial charge in [0.25, 0.3) is 11.8 Å². The van der Waals surface area contributed by atoms with Gasteiger partial charge < -0.3 is 10.5 Å². The number of pyridine rings is 1. The van der Waals surface area contributed by atoms with E-state index < -0.39 is 17.8 Å². The molecule has 1 aromatic carbocycles. The summed E-state index contributed by atoms with van der Waals surface area (Å²) >= 11 is 0. The number of benzene rings is 1. The quantitative estimate of drug-likeness (QED) is 0.760. The molecule has 0 bridgehead atoms. The zero-order valence-corrected chi connectivity index (χ0v) is 16.2. The minimum absolute atomic E-state index is 0.103. The first kappa shape index (κ1) is 19.8. The predicted molar refractivity (Wildman–Crippen MR) is 105 cm³/mol. The number of nitrogens with two attached hydrogens (primary N) is 1. The SMILES string of the molecule is NC(=O)c1cccnc1O[C@H]1CC[C@H](N2C(=O)CN(c3cccc(F)c3)C2=O)CC1. The first-order valence-electron chi connectivity index (χ1n) is 9.74. The summed E-state index contributed by atoms with van der Waals surface area (Å²) in [6.45, 7) is -0.103. The molecule has 0 spiro atoms. The van der Waals surface area contributed by atoms with Crippen molar-refractivity contribution in [2.24, 2.45) is 5.73 Å². The van der Waals surface area contributed by atoms with E-state index >= 15 is 0 Å². The molecule has 1 saturated heterocycles. The predicted octanol–water partition coefficient (Wildman–Crippen LogP) is 2.48. The summed E-state index contributed by atoms with van der Waals surface area (Å²) < 4.78 is 19.4. The molecule has 2 fully saturated rings. The number of ether oxygens (including phenoxy) is 1. The lowest BCUT2D eigenvalue weighted by molar-refractivity contribution is -0.127. The fourth-order valence-electron chi connectivity index (χ4n) is 3.97. The maximum Gasteiger partial charge on any atom is 0.331 e. The Morgan fingerprint density at radius 2 is 1.90 bits per heavy atom. The third kappa shape index (κ3) is 3.83. The van der Waals surface area contributed by atoms with Crippen LogP contribution in [0.2, 0.25) is 0 Å². The number of nitrogens with zero attached hydrogens (tertiary/aromatic N) is 3. The summed E-state index contributed by atoms with van der Waals surface area (Å²) in [6.07, 6.45) is 3.65. The number of imide groups is 1. The van der Waals surface area contributed by atoms with Gasteiger partial charge in [0.15, 0.2) is 0 Å². The molecule has 156 valence electrons. The first-order chi connectivity index (χ1) is 14.4. The van der Waals surface area contributed by atoms with Crippen LogP contribution in [-0.2, 0) is 4.79 Å². The topological polar surface area (TPSA) is 106 Å². The Morgan fingerprint density at radius 3 is 2.60 bits per heavy atom. The zero-order chi connectivity index (χ0) is 21.3. The van der Waals surface area contributed by atoms with Gasteiger partial charge in [-0.15, -0.1) is 0 Å². The molecule has 2 N–H and O–H groups in total. The highest BCUT2D eigenvalue weighted by Gasteiger charge is 2.42. The van der Waals surface area contributed by atoms with E-state index in [-0.39, 0.29) is 36.0 Å². The van der Waals surface area contributed by atoms with E-state index in [2.05, 4.69) is 4.98 Å². The molecule has 2 aliphatic rings. The van der Waals surface area contributed by atoms with Gasteiger partial charge in [0.1, 0.15) is 24.0 Å². The molecular formula is C21H21FN4O4. The van der Waals surface area contributed by atoms with Crippen LogP contribution in [0, 0.1) is 5.82 Å². The Kier molecular flexibility index (Phi) is 5.35. The van der Waals surface area contributed by atoms with E-state index in [0.717, 1.165) is 0 Å². The number of hydrogen-bond acceptors (Lipinski definition) is 5. The lowest BCUT2D eigenvalue weighted by atomic mass is 9.92. The second kappa shape index (κ2) is 8.10. The molecule has 2 heterocycles. The Balaban J connectivity index is 1.40. The van der Waals surface area contributed by atoms with Crippen LogP contribution in [0.5, 0.6) is 5.88 Å². The van der Waals surface area contributed by atoms with Crippen LogP contribution in [-0.4, -0.2) is 46.4 Å². The van der Waals surface area contributed by atoms with Gasteiger partial charge in [-0.3, -0.25) is 19.4 Å². The number of urea groups is 1. The summed E-state index contributed by atoms with van der Waals surface area (Å²) in [5.74, 6) is -1.18. The first-order valence-corrected chi connectivity index (χ1v) is 9.74. The van der Waals surface area contributed by atoms with Crippen molar-refractivity contribution in [2.45, 2.75) is 37.8 Å². The summed E-state index contributed by atoms with van der Waals surface area (Å²) in [4.78, 5) is 43.5. The van der Waals surface area contributed by atoms with Gasteiger partial charge in [-0.2, -0.15) is 0 Å². The zero-order valence-electron chi connectivity index (χ0n) is 16.2. The number of anilines is 1. The van der Waals surface area contributed by atoms with Crippen molar-refractivity contribution >= 4 is 23.5 Å². The lowest BCUT2D eigenvalue weighted by Gasteiger charge is -2.33. The third-order valence-electron chi connectivity index (χ3n) is 5.44. The average Bonchev–Trinajstić information content (AvgIpc) is 3.03. The van der Waals surface area contributed by atoms with Crippen molar-refractivity contribution in [1.29, 1.82) is 0 Å². The monoisotopic (exact) mass is 412 g/mol. The number of primary amides is 1. The molecule has 2 aromatic rings. The Labute approximate surface area is 172 Å². The van der Waals surface area contributed by atoms with Crippen LogP contribution in [0.4, 0.5) is 14.9 Å². The molecule has 0 unspecified atom stereocenters. The smallest absolute Gasteiger partial charge is 0.331 e. The van der Waals surface area contributed by atoms with Crippen LogP contribution in [0.1, 0.15) is 36.0 Å². The van der Waals surface area contributed by atoms with Crippen molar-refractivity contribution < 1.29 is 23.5 Å². The highest BCUT2D eigenvalue weighted by molar-refractivity contribution is 6.12. The van der Waals surface area contributed by atoms with Gasteiger partial charge in [0.05, 0.1) is 0 Å². The summed E-state index contributed by atoms with van der Waals surface area (Å²) in [7, 11) is 0. The molecule has 0 radical (unpaired) electrons. The molecule has 1 aliphatic carbocycles. The number of halogens is 1. The summed E-state index contributed by atoms with van der Waals surface area (Å²) in [5.41, 5.74) is 5.94. The van der Waals surface area contributed by atoms with Crippen molar-refractivity contribution in [3.05, 3.63) is 54.0 Å². The standard InChI is InChI=1S/C21H21FN4O4/c22-13-3-1-4-15(11-13)25-12-18(27)26(21(25)29)14-6-8-16(9-7-14)30-20-17(19(23)28)5-2-10-24-20/h1-5,10-11,14,16H,6-9,12H2,(H2,23,28)/t14-,16-. The molecule has 8 nitrogen and oxygen atoms in total. The highest BCUT2D eigenvalue weighted by atomic mass is 19.1. The third-order valence-corrected chi connectivity index (χ3v) is 5.44. The maximum atomic E-state index is 13.5. The number of carbonyl (C=O) groups excluding carboxylic acids is 3. The largest absolute Gasteiger partial charge is 0.474 e. The number of aromatic nitrogens is 1. The van der Waals surface area contributed by atoms with E-state index in [9.17, 15) is 18.8 Å². The van der Waals surface area contributed by atoms with Crippen LogP contribution in [0.3, 0.4) is 0 Å². The molecule has 1 aromatic heterocycles.